The molecule has 2 fully saturated rings. The second-order valence-electron chi connectivity index (χ2n) is 6.78. The molecule has 0 radical (unpaired) electrons. The summed E-state index contributed by atoms with van der Waals surface area (Å²) in [7, 11) is 0. The van der Waals surface area contributed by atoms with Gasteiger partial charge in [-0.1, -0.05) is 20.3 Å². The highest BCUT2D eigenvalue weighted by Crippen LogP contribution is 2.32. The second kappa shape index (κ2) is 5.14. The van der Waals surface area contributed by atoms with Crippen molar-refractivity contribution in [1.82, 2.24) is 10.2 Å². The molecule has 0 aromatic carbocycles. The molecule has 2 amide bonds. The highest BCUT2D eigenvalue weighted by molar-refractivity contribution is 5.99. The van der Waals surface area contributed by atoms with Crippen LogP contribution in [-0.2, 0) is 9.59 Å². The molecule has 0 aromatic rings. The van der Waals surface area contributed by atoms with Crippen molar-refractivity contribution in [3.05, 3.63) is 0 Å². The first-order valence-electron chi connectivity index (χ1n) is 7.48. The van der Waals surface area contributed by atoms with Crippen molar-refractivity contribution in [2.45, 2.75) is 65.0 Å². The van der Waals surface area contributed by atoms with Crippen LogP contribution in [0.3, 0.4) is 0 Å². The third-order valence-corrected chi connectivity index (χ3v) is 4.56. The highest BCUT2D eigenvalue weighted by Gasteiger charge is 2.45. The molecule has 0 bridgehead atoms. The zero-order chi connectivity index (χ0) is 14.2. The Morgan fingerprint density at radius 3 is 2.53 bits per heavy atom. The van der Waals surface area contributed by atoms with E-state index in [0.29, 0.717) is 12.3 Å². The summed E-state index contributed by atoms with van der Waals surface area (Å²) in [6, 6.07) is -0.281. The summed E-state index contributed by atoms with van der Waals surface area (Å²) in [5.74, 6) is 1.39. The van der Waals surface area contributed by atoms with E-state index in [0.717, 1.165) is 12.5 Å². The molecule has 1 heterocycles. The first-order chi connectivity index (χ1) is 8.85. The van der Waals surface area contributed by atoms with Gasteiger partial charge in [-0.05, 0) is 44.9 Å². The minimum atomic E-state index is -0.757. The molecular weight excluding hydrogens is 240 g/mol. The average Bonchev–Trinajstić information content (AvgIpc) is 2.71. The Balaban J connectivity index is 2.13. The predicted molar refractivity (Wildman–Crippen MR) is 74.5 cm³/mol. The number of piperazine rings is 1. The van der Waals surface area contributed by atoms with Gasteiger partial charge in [0.2, 0.25) is 11.8 Å². The van der Waals surface area contributed by atoms with Gasteiger partial charge in [-0.25, -0.2) is 0 Å². The molecule has 1 saturated heterocycles. The molecule has 0 aromatic heterocycles. The Kier molecular flexibility index (Phi) is 3.88. The quantitative estimate of drug-likeness (QED) is 0.848. The smallest absolute Gasteiger partial charge is 0.248 e. The van der Waals surface area contributed by atoms with E-state index in [1.165, 1.54) is 19.3 Å². The first kappa shape index (κ1) is 14.4. The van der Waals surface area contributed by atoms with Crippen molar-refractivity contribution in [1.29, 1.82) is 0 Å². The monoisotopic (exact) mass is 266 g/mol. The number of nitrogens with zero attached hydrogens (tertiary/aromatic N) is 1. The lowest BCUT2D eigenvalue weighted by atomic mass is 9.94. The summed E-state index contributed by atoms with van der Waals surface area (Å²) in [6.07, 6.45) is 4.31. The molecule has 1 saturated carbocycles. The number of rotatable bonds is 3. The van der Waals surface area contributed by atoms with E-state index in [1.54, 1.807) is 13.8 Å². The van der Waals surface area contributed by atoms with E-state index < -0.39 is 5.54 Å². The highest BCUT2D eigenvalue weighted by atomic mass is 16.2. The average molecular weight is 266 g/mol. The van der Waals surface area contributed by atoms with E-state index >= 15 is 0 Å². The van der Waals surface area contributed by atoms with Crippen LogP contribution in [0.5, 0.6) is 0 Å². The second-order valence-corrected chi connectivity index (χ2v) is 6.78. The van der Waals surface area contributed by atoms with Crippen LogP contribution in [0.1, 0.15) is 53.4 Å². The third kappa shape index (κ3) is 2.77. The fourth-order valence-corrected chi connectivity index (χ4v) is 3.47. The minimum absolute atomic E-state index is 0.00172. The van der Waals surface area contributed by atoms with E-state index in [2.05, 4.69) is 12.2 Å². The van der Waals surface area contributed by atoms with E-state index in [9.17, 15) is 9.59 Å². The largest absolute Gasteiger partial charge is 0.340 e. The summed E-state index contributed by atoms with van der Waals surface area (Å²) in [4.78, 5) is 26.5. The van der Waals surface area contributed by atoms with Gasteiger partial charge >= 0.3 is 0 Å². The molecule has 2 rings (SSSR count). The normalized spacial score (nSPS) is 34.5. The number of carbonyl (C=O) groups is 2. The molecule has 2 aliphatic rings. The molecule has 1 aliphatic carbocycles. The number of amides is 2. The molecular formula is C15H26N2O2. The first-order valence-corrected chi connectivity index (χ1v) is 7.48. The van der Waals surface area contributed by atoms with Gasteiger partial charge in [0.1, 0.15) is 11.6 Å². The Bertz CT molecular complexity index is 378. The van der Waals surface area contributed by atoms with Crippen LogP contribution >= 0.6 is 0 Å². The lowest BCUT2D eigenvalue weighted by Gasteiger charge is -2.43. The van der Waals surface area contributed by atoms with Crippen LogP contribution in [0.15, 0.2) is 0 Å². The zero-order valence-electron chi connectivity index (χ0n) is 12.5. The molecule has 3 atom stereocenters. The molecule has 3 unspecified atom stereocenters. The summed E-state index contributed by atoms with van der Waals surface area (Å²) >= 11 is 0. The fourth-order valence-electron chi connectivity index (χ4n) is 3.47. The minimum Gasteiger partial charge on any atom is -0.340 e. The number of hydrogen-bond donors (Lipinski definition) is 1. The van der Waals surface area contributed by atoms with Crippen LogP contribution in [0.2, 0.25) is 0 Å². The van der Waals surface area contributed by atoms with Gasteiger partial charge in [0.25, 0.3) is 0 Å². The van der Waals surface area contributed by atoms with Crippen molar-refractivity contribution < 1.29 is 9.59 Å². The topological polar surface area (TPSA) is 49.4 Å². The van der Waals surface area contributed by atoms with Gasteiger partial charge in [-0.15, -0.1) is 0 Å². The van der Waals surface area contributed by atoms with Crippen molar-refractivity contribution in [3.8, 4) is 0 Å². The van der Waals surface area contributed by atoms with Crippen LogP contribution in [-0.4, -0.2) is 34.8 Å². The Hall–Kier alpha value is -1.06. The molecule has 19 heavy (non-hydrogen) atoms. The van der Waals surface area contributed by atoms with E-state index in [4.69, 9.17) is 0 Å². The molecule has 108 valence electrons. The molecule has 1 aliphatic heterocycles. The van der Waals surface area contributed by atoms with E-state index in [-0.39, 0.29) is 17.9 Å². The Labute approximate surface area is 115 Å². The number of nitrogens with one attached hydrogen (secondary N) is 1. The molecule has 4 heteroatoms. The summed E-state index contributed by atoms with van der Waals surface area (Å²) in [5, 5.41) is 2.84. The van der Waals surface area contributed by atoms with Crippen LogP contribution in [0, 0.1) is 11.8 Å². The summed E-state index contributed by atoms with van der Waals surface area (Å²) in [5.41, 5.74) is -0.757. The standard InChI is InChI=1S/C15H26N2O2/c1-5-12-13(18)16-15(3,4)14(19)17(12)9-11-7-6-10(2)8-11/h10-12H,5-9H2,1-4H3,(H,16,18). The Morgan fingerprint density at radius 2 is 2.00 bits per heavy atom. The van der Waals surface area contributed by atoms with Gasteiger partial charge in [-0.2, -0.15) is 0 Å². The van der Waals surface area contributed by atoms with Gasteiger partial charge in [-0.3, -0.25) is 9.59 Å². The maximum Gasteiger partial charge on any atom is 0.248 e. The fraction of sp³-hybridized carbons (Fsp3) is 0.867. The van der Waals surface area contributed by atoms with Crippen molar-refractivity contribution in [3.63, 3.8) is 0 Å². The third-order valence-electron chi connectivity index (χ3n) is 4.56. The maximum absolute atomic E-state index is 12.5. The van der Waals surface area contributed by atoms with E-state index in [1.807, 2.05) is 11.8 Å². The van der Waals surface area contributed by atoms with Gasteiger partial charge in [0.05, 0.1) is 0 Å². The van der Waals surface area contributed by atoms with Gasteiger partial charge in [0.15, 0.2) is 0 Å². The Morgan fingerprint density at radius 1 is 1.32 bits per heavy atom. The number of carbonyl (C=O) groups excluding carboxylic acids is 2. The molecule has 0 spiro atoms. The lowest BCUT2D eigenvalue weighted by molar-refractivity contribution is -0.154. The lowest BCUT2D eigenvalue weighted by Crippen LogP contribution is -2.68. The number of hydrogen-bond acceptors (Lipinski definition) is 2. The van der Waals surface area contributed by atoms with Gasteiger partial charge < -0.3 is 10.2 Å². The van der Waals surface area contributed by atoms with Crippen LogP contribution in [0.25, 0.3) is 0 Å². The SMILES string of the molecule is CCC1C(=O)NC(C)(C)C(=O)N1CC1CCC(C)C1. The molecule has 1 N–H and O–H groups in total. The maximum atomic E-state index is 12.5. The van der Waals surface area contributed by atoms with Crippen LogP contribution in [0.4, 0.5) is 0 Å². The summed E-state index contributed by atoms with van der Waals surface area (Å²) in [6.45, 7) is 8.58. The zero-order valence-corrected chi connectivity index (χ0v) is 12.5. The van der Waals surface area contributed by atoms with Crippen molar-refractivity contribution in [2.24, 2.45) is 11.8 Å². The molecule has 4 nitrogen and oxygen atoms in total. The predicted octanol–water partition coefficient (Wildman–Crippen LogP) is 1.94. The summed E-state index contributed by atoms with van der Waals surface area (Å²) < 4.78 is 0. The van der Waals surface area contributed by atoms with Crippen LogP contribution < -0.4 is 5.32 Å². The van der Waals surface area contributed by atoms with Crippen molar-refractivity contribution >= 4 is 11.8 Å². The van der Waals surface area contributed by atoms with Gasteiger partial charge in [0, 0.05) is 6.54 Å². The van der Waals surface area contributed by atoms with Crippen molar-refractivity contribution in [2.75, 3.05) is 6.54 Å².